The number of hydrogen-bond donors (Lipinski definition) is 1. The molecule has 1 aliphatic heterocycles. The third-order valence-corrected chi connectivity index (χ3v) is 3.10. The van der Waals surface area contributed by atoms with E-state index < -0.39 is 4.92 Å². The molecule has 0 fully saturated rings. The Morgan fingerprint density at radius 1 is 1.14 bits per heavy atom. The average Bonchev–Trinajstić information content (AvgIpc) is 2.53. The molecule has 0 amide bonds. The van der Waals surface area contributed by atoms with Gasteiger partial charge in [-0.2, -0.15) is 0 Å². The van der Waals surface area contributed by atoms with Gasteiger partial charge in [0.05, 0.1) is 16.7 Å². The van der Waals surface area contributed by atoms with E-state index in [1.54, 1.807) is 18.2 Å². The van der Waals surface area contributed by atoms with E-state index in [9.17, 15) is 15.2 Å². The van der Waals surface area contributed by atoms with Crippen LogP contribution in [0.25, 0.3) is 0 Å². The minimum absolute atomic E-state index is 0.172. The number of fused-ring (bicyclic) bond motifs is 1. The van der Waals surface area contributed by atoms with E-state index in [4.69, 9.17) is 9.47 Å². The quantitative estimate of drug-likeness (QED) is 0.534. The van der Waals surface area contributed by atoms with Gasteiger partial charge in [0, 0.05) is 23.9 Å². The Labute approximate surface area is 125 Å². The van der Waals surface area contributed by atoms with Gasteiger partial charge in [0.1, 0.15) is 19.0 Å². The molecule has 1 heterocycles. The highest BCUT2D eigenvalue weighted by atomic mass is 16.6. The van der Waals surface area contributed by atoms with Gasteiger partial charge in [-0.25, -0.2) is 0 Å². The molecule has 0 spiro atoms. The molecule has 0 radical (unpaired) electrons. The summed E-state index contributed by atoms with van der Waals surface area (Å²) >= 11 is 0. The maximum atomic E-state index is 10.6. The summed E-state index contributed by atoms with van der Waals surface area (Å²) in [5.74, 6) is 1.09. The summed E-state index contributed by atoms with van der Waals surface area (Å²) in [6.45, 7) is 1.01. The summed E-state index contributed by atoms with van der Waals surface area (Å²) in [6, 6.07) is 9.09. The van der Waals surface area contributed by atoms with Gasteiger partial charge in [0.15, 0.2) is 11.5 Å². The SMILES string of the molecule is O=[N+]([O-])c1ccc(C=Nc2ccc3c(c2)OCCO3)c(O)c1. The molecule has 0 aromatic heterocycles. The predicted molar refractivity (Wildman–Crippen MR) is 79.4 cm³/mol. The monoisotopic (exact) mass is 300 g/mol. The maximum absolute atomic E-state index is 10.6. The third kappa shape index (κ3) is 2.83. The number of non-ortho nitro benzene ring substituents is 1. The Bertz CT molecular complexity index is 758. The highest BCUT2D eigenvalue weighted by molar-refractivity contribution is 5.86. The molecule has 2 aromatic rings. The fraction of sp³-hybridized carbons (Fsp3) is 0.133. The topological polar surface area (TPSA) is 94.2 Å². The Kier molecular flexibility index (Phi) is 3.61. The van der Waals surface area contributed by atoms with Crippen LogP contribution in [0.15, 0.2) is 41.4 Å². The van der Waals surface area contributed by atoms with Crippen molar-refractivity contribution in [1.82, 2.24) is 0 Å². The second-order valence-corrected chi connectivity index (χ2v) is 4.59. The first-order valence-corrected chi connectivity index (χ1v) is 6.54. The van der Waals surface area contributed by atoms with Crippen LogP contribution in [-0.2, 0) is 0 Å². The van der Waals surface area contributed by atoms with Gasteiger partial charge in [-0.05, 0) is 18.2 Å². The molecule has 7 nitrogen and oxygen atoms in total. The fourth-order valence-electron chi connectivity index (χ4n) is 2.01. The molecular formula is C15H12N2O5. The first-order chi connectivity index (χ1) is 10.6. The zero-order chi connectivity index (χ0) is 15.5. The van der Waals surface area contributed by atoms with Crippen LogP contribution in [0.2, 0.25) is 0 Å². The molecule has 7 heteroatoms. The summed E-state index contributed by atoms with van der Waals surface area (Å²) in [7, 11) is 0. The van der Waals surface area contributed by atoms with E-state index in [2.05, 4.69) is 4.99 Å². The Hall–Kier alpha value is -3.09. The number of ether oxygens (including phenoxy) is 2. The molecule has 0 atom stereocenters. The van der Waals surface area contributed by atoms with Crippen LogP contribution in [0.3, 0.4) is 0 Å². The van der Waals surface area contributed by atoms with Crippen LogP contribution in [-0.4, -0.2) is 29.5 Å². The number of hydrogen-bond acceptors (Lipinski definition) is 6. The number of benzene rings is 2. The molecule has 112 valence electrons. The van der Waals surface area contributed by atoms with Gasteiger partial charge in [-0.15, -0.1) is 0 Å². The molecular weight excluding hydrogens is 288 g/mol. The molecule has 2 aromatic carbocycles. The Morgan fingerprint density at radius 2 is 1.91 bits per heavy atom. The summed E-state index contributed by atoms with van der Waals surface area (Å²) in [5, 5.41) is 20.4. The minimum atomic E-state index is -0.568. The summed E-state index contributed by atoms with van der Waals surface area (Å²) in [6.07, 6.45) is 1.43. The van der Waals surface area contributed by atoms with E-state index >= 15 is 0 Å². The second-order valence-electron chi connectivity index (χ2n) is 4.59. The number of rotatable bonds is 3. The van der Waals surface area contributed by atoms with E-state index in [-0.39, 0.29) is 11.4 Å². The maximum Gasteiger partial charge on any atom is 0.273 e. The first-order valence-electron chi connectivity index (χ1n) is 6.54. The first kappa shape index (κ1) is 13.9. The van der Waals surface area contributed by atoms with Gasteiger partial charge in [-0.3, -0.25) is 15.1 Å². The number of aromatic hydroxyl groups is 1. The predicted octanol–water partition coefficient (Wildman–Crippen LogP) is 2.82. The average molecular weight is 300 g/mol. The Balaban J connectivity index is 1.83. The number of aliphatic imine (C=N–C) groups is 1. The lowest BCUT2D eigenvalue weighted by atomic mass is 10.2. The number of nitro benzene ring substituents is 1. The van der Waals surface area contributed by atoms with E-state index in [1.807, 2.05) is 0 Å². The standard InChI is InChI=1S/C15H12N2O5/c18-13-8-12(17(19)20)3-1-10(13)9-16-11-2-4-14-15(7-11)22-6-5-21-14/h1-4,7-9,18H,5-6H2. The third-order valence-electron chi connectivity index (χ3n) is 3.10. The number of phenolic OH excluding ortho intramolecular Hbond substituents is 1. The molecule has 0 bridgehead atoms. The Morgan fingerprint density at radius 3 is 2.64 bits per heavy atom. The number of phenols is 1. The number of nitro groups is 1. The molecule has 0 saturated heterocycles. The van der Waals surface area contributed by atoms with Crippen molar-refractivity contribution in [1.29, 1.82) is 0 Å². The van der Waals surface area contributed by atoms with Crippen LogP contribution in [0.5, 0.6) is 17.2 Å². The van der Waals surface area contributed by atoms with Crippen LogP contribution < -0.4 is 9.47 Å². The summed E-state index contributed by atoms with van der Waals surface area (Å²) in [5.41, 5.74) is 0.844. The lowest BCUT2D eigenvalue weighted by Crippen LogP contribution is -2.14. The van der Waals surface area contributed by atoms with Crippen LogP contribution in [0.4, 0.5) is 11.4 Å². The lowest BCUT2D eigenvalue weighted by Gasteiger charge is -2.18. The van der Waals surface area contributed by atoms with Crippen molar-refractivity contribution in [3.05, 3.63) is 52.1 Å². The smallest absolute Gasteiger partial charge is 0.273 e. The molecule has 0 unspecified atom stereocenters. The van der Waals surface area contributed by atoms with Gasteiger partial charge in [0.2, 0.25) is 0 Å². The van der Waals surface area contributed by atoms with Gasteiger partial charge >= 0.3 is 0 Å². The second kappa shape index (κ2) is 5.72. The lowest BCUT2D eigenvalue weighted by molar-refractivity contribution is -0.384. The summed E-state index contributed by atoms with van der Waals surface area (Å²) < 4.78 is 10.9. The van der Waals surface area contributed by atoms with Crippen molar-refractivity contribution in [2.24, 2.45) is 4.99 Å². The number of nitrogens with zero attached hydrogens (tertiary/aromatic N) is 2. The van der Waals surface area contributed by atoms with Crippen molar-refractivity contribution in [2.45, 2.75) is 0 Å². The highest BCUT2D eigenvalue weighted by Gasteiger charge is 2.12. The van der Waals surface area contributed by atoms with Gasteiger partial charge in [0.25, 0.3) is 5.69 Å². The van der Waals surface area contributed by atoms with Crippen molar-refractivity contribution in [3.63, 3.8) is 0 Å². The summed E-state index contributed by atoms with van der Waals surface area (Å²) in [4.78, 5) is 14.3. The molecule has 3 rings (SSSR count). The van der Waals surface area contributed by atoms with Crippen molar-refractivity contribution in [3.8, 4) is 17.2 Å². The van der Waals surface area contributed by atoms with Crippen molar-refractivity contribution >= 4 is 17.6 Å². The van der Waals surface area contributed by atoms with Crippen LogP contribution in [0, 0.1) is 10.1 Å². The van der Waals surface area contributed by atoms with Crippen LogP contribution >= 0.6 is 0 Å². The van der Waals surface area contributed by atoms with E-state index in [0.29, 0.717) is 36.0 Å². The van der Waals surface area contributed by atoms with Gasteiger partial charge < -0.3 is 14.6 Å². The van der Waals surface area contributed by atoms with Crippen LogP contribution in [0.1, 0.15) is 5.56 Å². The zero-order valence-electron chi connectivity index (χ0n) is 11.4. The molecule has 1 aliphatic rings. The minimum Gasteiger partial charge on any atom is -0.507 e. The fourth-order valence-corrected chi connectivity index (χ4v) is 2.01. The normalized spacial score (nSPS) is 13.3. The molecule has 22 heavy (non-hydrogen) atoms. The molecule has 0 saturated carbocycles. The van der Waals surface area contributed by atoms with Crippen molar-refractivity contribution in [2.75, 3.05) is 13.2 Å². The van der Waals surface area contributed by atoms with E-state index in [1.165, 1.54) is 18.3 Å². The van der Waals surface area contributed by atoms with E-state index in [0.717, 1.165) is 6.07 Å². The van der Waals surface area contributed by atoms with Gasteiger partial charge in [-0.1, -0.05) is 0 Å². The largest absolute Gasteiger partial charge is 0.507 e. The van der Waals surface area contributed by atoms with Crippen molar-refractivity contribution < 1.29 is 19.5 Å². The highest BCUT2D eigenvalue weighted by Crippen LogP contribution is 2.33. The molecule has 1 N–H and O–H groups in total. The zero-order valence-corrected chi connectivity index (χ0v) is 11.4. The molecule has 0 aliphatic carbocycles.